The van der Waals surface area contributed by atoms with Crippen molar-refractivity contribution in [1.82, 2.24) is 4.90 Å². The number of carbonyl (C=O) groups is 2. The van der Waals surface area contributed by atoms with Crippen LogP contribution < -0.4 is 9.64 Å². The minimum atomic E-state index is -0.526. The van der Waals surface area contributed by atoms with Gasteiger partial charge in [-0.15, -0.1) is 0 Å². The van der Waals surface area contributed by atoms with Crippen LogP contribution >= 0.6 is 0 Å². The summed E-state index contributed by atoms with van der Waals surface area (Å²) in [6, 6.07) is 12.6. The zero-order valence-electron chi connectivity index (χ0n) is 15.7. The number of ether oxygens (including phenoxy) is 1. The summed E-state index contributed by atoms with van der Waals surface area (Å²) < 4.78 is 5.29. The predicted molar refractivity (Wildman–Crippen MR) is 102 cm³/mol. The first-order valence-electron chi connectivity index (χ1n) is 8.76. The van der Waals surface area contributed by atoms with Crippen molar-refractivity contribution >= 4 is 17.5 Å². The smallest absolute Gasteiger partial charge is 0.258 e. The van der Waals surface area contributed by atoms with Crippen LogP contribution in [0.1, 0.15) is 28.4 Å². The van der Waals surface area contributed by atoms with E-state index in [1.54, 1.807) is 42.0 Å². The fourth-order valence-electron chi connectivity index (χ4n) is 3.47. The third-order valence-electron chi connectivity index (χ3n) is 4.90. The Morgan fingerprint density at radius 2 is 1.85 bits per heavy atom. The fourth-order valence-corrected chi connectivity index (χ4v) is 3.47. The minimum Gasteiger partial charge on any atom is -0.496 e. The number of amides is 2. The summed E-state index contributed by atoms with van der Waals surface area (Å²) >= 11 is 0. The molecule has 1 aliphatic heterocycles. The molecule has 2 amide bonds. The molecule has 0 N–H and O–H groups in total. The molecule has 1 unspecified atom stereocenters. The van der Waals surface area contributed by atoms with Crippen molar-refractivity contribution in [3.05, 3.63) is 59.2 Å². The highest BCUT2D eigenvalue weighted by molar-refractivity contribution is 6.04. The van der Waals surface area contributed by atoms with Gasteiger partial charge in [-0.25, -0.2) is 0 Å². The summed E-state index contributed by atoms with van der Waals surface area (Å²) in [5, 5.41) is 0. The molecule has 5 heteroatoms. The Labute approximate surface area is 154 Å². The van der Waals surface area contributed by atoms with Crippen LogP contribution in [0.15, 0.2) is 42.5 Å². The Balaban J connectivity index is 1.85. The maximum Gasteiger partial charge on any atom is 0.258 e. The van der Waals surface area contributed by atoms with E-state index in [0.29, 0.717) is 24.4 Å². The lowest BCUT2D eigenvalue weighted by Gasteiger charge is -2.39. The molecule has 26 heavy (non-hydrogen) atoms. The van der Waals surface area contributed by atoms with E-state index in [1.807, 2.05) is 32.0 Å². The lowest BCUT2D eigenvalue weighted by atomic mass is 10.1. The molecule has 1 aliphatic rings. The van der Waals surface area contributed by atoms with E-state index >= 15 is 0 Å². The minimum absolute atomic E-state index is 0.0635. The highest BCUT2D eigenvalue weighted by Gasteiger charge is 2.36. The number of rotatable bonds is 3. The number of hydrogen-bond acceptors (Lipinski definition) is 3. The van der Waals surface area contributed by atoms with Crippen LogP contribution in [0.5, 0.6) is 5.75 Å². The van der Waals surface area contributed by atoms with E-state index in [2.05, 4.69) is 6.07 Å². The van der Waals surface area contributed by atoms with E-state index in [4.69, 9.17) is 4.74 Å². The van der Waals surface area contributed by atoms with Gasteiger partial charge in [-0.1, -0.05) is 29.8 Å². The molecule has 1 saturated heterocycles. The SMILES string of the molecule is COc1ccccc1C(=O)N1CCN(c2ccc(C)cc2C)C(=O)C1C. The van der Waals surface area contributed by atoms with Crippen molar-refractivity contribution in [2.45, 2.75) is 26.8 Å². The fraction of sp³-hybridized carbons (Fsp3) is 0.333. The first-order valence-corrected chi connectivity index (χ1v) is 8.76. The Morgan fingerprint density at radius 3 is 2.54 bits per heavy atom. The molecular weight excluding hydrogens is 328 g/mol. The van der Waals surface area contributed by atoms with Crippen LogP contribution in [0.3, 0.4) is 0 Å². The Bertz CT molecular complexity index is 847. The van der Waals surface area contributed by atoms with E-state index < -0.39 is 6.04 Å². The number of carbonyl (C=O) groups excluding carboxylic acids is 2. The topological polar surface area (TPSA) is 49.9 Å². The van der Waals surface area contributed by atoms with Crippen molar-refractivity contribution in [3.63, 3.8) is 0 Å². The standard InChI is InChI=1S/C21H24N2O3/c1-14-9-10-18(15(2)13-14)23-12-11-22(16(3)20(23)24)21(25)17-7-5-6-8-19(17)26-4/h5-10,13,16H,11-12H2,1-4H3. The molecule has 0 saturated carbocycles. The number of anilines is 1. The van der Waals surface area contributed by atoms with Crippen molar-refractivity contribution in [2.75, 3.05) is 25.1 Å². The molecule has 0 aromatic heterocycles. The number of para-hydroxylation sites is 1. The van der Waals surface area contributed by atoms with Gasteiger partial charge in [0, 0.05) is 18.8 Å². The monoisotopic (exact) mass is 352 g/mol. The third-order valence-corrected chi connectivity index (χ3v) is 4.90. The van der Waals surface area contributed by atoms with E-state index in [9.17, 15) is 9.59 Å². The zero-order valence-corrected chi connectivity index (χ0v) is 15.7. The first kappa shape index (κ1) is 18.0. The van der Waals surface area contributed by atoms with Gasteiger partial charge in [-0.05, 0) is 44.5 Å². The first-order chi connectivity index (χ1) is 12.4. The molecule has 5 nitrogen and oxygen atoms in total. The number of nitrogens with zero attached hydrogens (tertiary/aromatic N) is 2. The van der Waals surface area contributed by atoms with Crippen molar-refractivity contribution < 1.29 is 14.3 Å². The highest BCUT2D eigenvalue weighted by Crippen LogP contribution is 2.27. The van der Waals surface area contributed by atoms with Gasteiger partial charge < -0.3 is 14.5 Å². The second kappa shape index (κ2) is 7.20. The lowest BCUT2D eigenvalue weighted by molar-refractivity contribution is -0.124. The molecule has 136 valence electrons. The summed E-state index contributed by atoms with van der Waals surface area (Å²) in [7, 11) is 1.54. The number of aryl methyl sites for hydroxylation is 2. The molecule has 0 aliphatic carbocycles. The van der Waals surface area contributed by atoms with Gasteiger partial charge in [0.15, 0.2) is 0 Å². The van der Waals surface area contributed by atoms with Crippen LogP contribution in [-0.4, -0.2) is 43.0 Å². The zero-order chi connectivity index (χ0) is 18.8. The number of benzene rings is 2. The van der Waals surface area contributed by atoms with Crippen molar-refractivity contribution in [2.24, 2.45) is 0 Å². The summed E-state index contributed by atoms with van der Waals surface area (Å²) in [6.07, 6.45) is 0. The number of piperazine rings is 1. The van der Waals surface area contributed by atoms with E-state index in [0.717, 1.165) is 16.8 Å². The number of hydrogen-bond donors (Lipinski definition) is 0. The van der Waals surface area contributed by atoms with Crippen molar-refractivity contribution in [1.29, 1.82) is 0 Å². The molecule has 2 aromatic rings. The van der Waals surface area contributed by atoms with Gasteiger partial charge in [-0.3, -0.25) is 9.59 Å². The van der Waals surface area contributed by atoms with Crippen LogP contribution in [-0.2, 0) is 4.79 Å². The maximum atomic E-state index is 13.0. The lowest BCUT2D eigenvalue weighted by Crippen LogP contribution is -2.58. The molecule has 0 spiro atoms. The summed E-state index contributed by atoms with van der Waals surface area (Å²) in [6.45, 7) is 6.79. The van der Waals surface area contributed by atoms with E-state index in [1.165, 1.54) is 0 Å². The maximum absolute atomic E-state index is 13.0. The Morgan fingerprint density at radius 1 is 1.12 bits per heavy atom. The van der Waals surface area contributed by atoms with E-state index in [-0.39, 0.29) is 11.8 Å². The molecule has 2 aromatic carbocycles. The number of methoxy groups -OCH3 is 1. The van der Waals surface area contributed by atoms with Gasteiger partial charge in [0.25, 0.3) is 5.91 Å². The van der Waals surface area contributed by atoms with Gasteiger partial charge >= 0.3 is 0 Å². The molecule has 1 fully saturated rings. The van der Waals surface area contributed by atoms with Crippen molar-refractivity contribution in [3.8, 4) is 5.75 Å². The Kier molecular flexibility index (Phi) is 4.98. The van der Waals surface area contributed by atoms with Gasteiger partial charge in [0.2, 0.25) is 5.91 Å². The van der Waals surface area contributed by atoms with Gasteiger partial charge in [-0.2, -0.15) is 0 Å². The molecular formula is C21H24N2O3. The van der Waals surface area contributed by atoms with Gasteiger partial charge in [0.05, 0.1) is 12.7 Å². The quantitative estimate of drug-likeness (QED) is 0.852. The third kappa shape index (κ3) is 3.17. The summed E-state index contributed by atoms with van der Waals surface area (Å²) in [5.41, 5.74) is 3.62. The highest BCUT2D eigenvalue weighted by atomic mass is 16.5. The average molecular weight is 352 g/mol. The molecule has 1 atom stereocenters. The summed E-state index contributed by atoms with van der Waals surface area (Å²) in [5.74, 6) is 0.281. The van der Waals surface area contributed by atoms with Crippen LogP contribution in [0, 0.1) is 13.8 Å². The molecule has 0 radical (unpaired) electrons. The molecule has 1 heterocycles. The summed E-state index contributed by atoms with van der Waals surface area (Å²) in [4.78, 5) is 29.3. The van der Waals surface area contributed by atoms with Crippen LogP contribution in [0.25, 0.3) is 0 Å². The predicted octanol–water partition coefficient (Wildman–Crippen LogP) is 3.19. The van der Waals surface area contributed by atoms with Gasteiger partial charge in [0.1, 0.15) is 11.8 Å². The second-order valence-electron chi connectivity index (χ2n) is 6.65. The molecule has 0 bridgehead atoms. The Hall–Kier alpha value is -2.82. The van der Waals surface area contributed by atoms with Crippen LogP contribution in [0.4, 0.5) is 5.69 Å². The average Bonchev–Trinajstić information content (AvgIpc) is 2.64. The molecule has 3 rings (SSSR count). The second-order valence-corrected chi connectivity index (χ2v) is 6.65. The largest absolute Gasteiger partial charge is 0.496 e. The van der Waals surface area contributed by atoms with Crippen LogP contribution in [0.2, 0.25) is 0 Å². The normalized spacial score (nSPS) is 17.4.